The molecule has 108 valence electrons. The fraction of sp³-hybridized carbons (Fsp3) is 0.467. The molecule has 1 aromatic rings. The molecule has 1 amide bonds. The van der Waals surface area contributed by atoms with Crippen LogP contribution in [0.1, 0.15) is 30.1 Å². The van der Waals surface area contributed by atoms with E-state index in [1.54, 1.807) is 25.2 Å². The number of aromatic carboxylic acids is 1. The summed E-state index contributed by atoms with van der Waals surface area (Å²) in [4.78, 5) is 25.4. The molecule has 5 heteroatoms. The Morgan fingerprint density at radius 1 is 1.35 bits per heavy atom. The molecule has 1 aromatic carbocycles. The number of carbonyl (C=O) groups excluding carboxylic acids is 1. The van der Waals surface area contributed by atoms with Gasteiger partial charge in [-0.25, -0.2) is 4.79 Å². The van der Waals surface area contributed by atoms with Crippen molar-refractivity contribution in [3.63, 3.8) is 0 Å². The summed E-state index contributed by atoms with van der Waals surface area (Å²) in [6, 6.07) is 6.59. The molecule has 0 radical (unpaired) electrons. The Balaban J connectivity index is 2.29. The number of benzene rings is 1. The molecular weight excluding hydrogens is 256 g/mol. The van der Waals surface area contributed by atoms with Gasteiger partial charge in [0.1, 0.15) is 0 Å². The van der Waals surface area contributed by atoms with E-state index in [9.17, 15) is 14.7 Å². The van der Waals surface area contributed by atoms with E-state index in [4.69, 9.17) is 0 Å². The van der Waals surface area contributed by atoms with Crippen LogP contribution >= 0.6 is 0 Å². The fourth-order valence-electron chi connectivity index (χ4n) is 2.70. The van der Waals surface area contributed by atoms with Gasteiger partial charge in [-0.2, -0.15) is 0 Å². The van der Waals surface area contributed by atoms with E-state index in [0.717, 1.165) is 19.4 Å². The standard InChI is InChI=1S/C15H20N2O3/c1-15(8-5-9-16-10-15)14(20)17(2)12-7-4-3-6-11(12)13(18)19/h3-4,6-7,16H,5,8-10H2,1-2H3,(H,18,19). The third-order valence-electron chi connectivity index (χ3n) is 3.91. The molecule has 0 saturated carbocycles. The molecule has 1 atom stereocenters. The molecule has 1 aliphatic heterocycles. The van der Waals surface area contributed by atoms with Gasteiger partial charge in [0.25, 0.3) is 0 Å². The average Bonchev–Trinajstić information content (AvgIpc) is 2.46. The molecule has 1 fully saturated rings. The van der Waals surface area contributed by atoms with Crippen LogP contribution in [-0.2, 0) is 4.79 Å². The highest BCUT2D eigenvalue weighted by Crippen LogP contribution is 2.30. The lowest BCUT2D eigenvalue weighted by molar-refractivity contribution is -0.128. The maximum absolute atomic E-state index is 12.7. The van der Waals surface area contributed by atoms with E-state index in [-0.39, 0.29) is 11.5 Å². The van der Waals surface area contributed by atoms with Gasteiger partial charge >= 0.3 is 5.97 Å². The summed E-state index contributed by atoms with van der Waals surface area (Å²) in [7, 11) is 1.64. The van der Waals surface area contributed by atoms with Crippen molar-refractivity contribution in [1.82, 2.24) is 5.32 Å². The van der Waals surface area contributed by atoms with Crippen LogP contribution in [0, 0.1) is 5.41 Å². The molecular formula is C15H20N2O3. The quantitative estimate of drug-likeness (QED) is 0.882. The van der Waals surface area contributed by atoms with E-state index >= 15 is 0 Å². The lowest BCUT2D eigenvalue weighted by atomic mass is 9.81. The maximum atomic E-state index is 12.7. The van der Waals surface area contributed by atoms with Gasteiger partial charge in [-0.3, -0.25) is 4.79 Å². The molecule has 1 saturated heterocycles. The first-order valence-corrected chi connectivity index (χ1v) is 6.77. The molecule has 0 aliphatic carbocycles. The number of carboxylic acids is 1. The molecule has 1 unspecified atom stereocenters. The summed E-state index contributed by atoms with van der Waals surface area (Å²) >= 11 is 0. The van der Waals surface area contributed by atoms with Gasteiger partial charge in [0.15, 0.2) is 0 Å². The predicted octanol–water partition coefficient (Wildman–Crippen LogP) is 1.74. The topological polar surface area (TPSA) is 69.6 Å². The minimum absolute atomic E-state index is 0.0431. The Kier molecular flexibility index (Phi) is 4.09. The second-order valence-corrected chi connectivity index (χ2v) is 5.53. The molecule has 0 bridgehead atoms. The van der Waals surface area contributed by atoms with Crippen molar-refractivity contribution in [3.05, 3.63) is 29.8 Å². The number of carboxylic acid groups (broad SMARTS) is 1. The first-order chi connectivity index (χ1) is 9.46. The molecule has 0 aromatic heterocycles. The minimum atomic E-state index is -1.02. The van der Waals surface area contributed by atoms with Crippen LogP contribution in [0.2, 0.25) is 0 Å². The molecule has 2 N–H and O–H groups in total. The number of hydrogen-bond donors (Lipinski definition) is 2. The third kappa shape index (κ3) is 2.67. The largest absolute Gasteiger partial charge is 0.478 e. The number of para-hydroxylation sites is 1. The summed E-state index contributed by atoms with van der Waals surface area (Å²) < 4.78 is 0. The summed E-state index contributed by atoms with van der Waals surface area (Å²) in [5.74, 6) is -1.06. The van der Waals surface area contributed by atoms with Crippen molar-refractivity contribution in [2.24, 2.45) is 5.41 Å². The average molecular weight is 276 g/mol. The summed E-state index contributed by atoms with van der Waals surface area (Å²) in [6.07, 6.45) is 1.77. The van der Waals surface area contributed by atoms with Crippen LogP contribution in [0.25, 0.3) is 0 Å². The lowest BCUT2D eigenvalue weighted by Gasteiger charge is -2.36. The first kappa shape index (κ1) is 14.5. The highest BCUT2D eigenvalue weighted by atomic mass is 16.4. The van der Waals surface area contributed by atoms with E-state index in [2.05, 4.69) is 5.32 Å². The summed E-state index contributed by atoms with van der Waals surface area (Å²) in [5, 5.41) is 12.5. The molecule has 5 nitrogen and oxygen atoms in total. The van der Waals surface area contributed by atoms with Crippen molar-refractivity contribution in [3.8, 4) is 0 Å². The normalized spacial score (nSPS) is 22.3. The monoisotopic (exact) mass is 276 g/mol. The third-order valence-corrected chi connectivity index (χ3v) is 3.91. The number of anilines is 1. The minimum Gasteiger partial charge on any atom is -0.478 e. The van der Waals surface area contributed by atoms with E-state index in [1.165, 1.54) is 11.0 Å². The van der Waals surface area contributed by atoms with Crippen LogP contribution in [0.5, 0.6) is 0 Å². The van der Waals surface area contributed by atoms with Gasteiger partial charge in [-0.1, -0.05) is 12.1 Å². The van der Waals surface area contributed by atoms with E-state index in [1.807, 2.05) is 6.92 Å². The van der Waals surface area contributed by atoms with Gasteiger partial charge in [-0.05, 0) is 38.4 Å². The van der Waals surface area contributed by atoms with Crippen molar-refractivity contribution in [1.29, 1.82) is 0 Å². The molecule has 1 aliphatic rings. The number of nitrogens with zero attached hydrogens (tertiary/aromatic N) is 1. The Morgan fingerprint density at radius 3 is 2.65 bits per heavy atom. The summed E-state index contributed by atoms with van der Waals surface area (Å²) in [5.41, 5.74) is 0.117. The predicted molar refractivity (Wildman–Crippen MR) is 77.0 cm³/mol. The zero-order valence-electron chi connectivity index (χ0n) is 11.8. The Morgan fingerprint density at radius 2 is 2.05 bits per heavy atom. The number of rotatable bonds is 3. The number of nitrogens with one attached hydrogen (secondary N) is 1. The number of hydrogen-bond acceptors (Lipinski definition) is 3. The Labute approximate surface area is 118 Å². The SMILES string of the molecule is CN(C(=O)C1(C)CCCNC1)c1ccccc1C(=O)O. The fourth-order valence-corrected chi connectivity index (χ4v) is 2.70. The van der Waals surface area contributed by atoms with Crippen LogP contribution in [0.3, 0.4) is 0 Å². The highest BCUT2D eigenvalue weighted by Gasteiger charge is 2.37. The second-order valence-electron chi connectivity index (χ2n) is 5.53. The smallest absolute Gasteiger partial charge is 0.337 e. The van der Waals surface area contributed by atoms with Gasteiger partial charge < -0.3 is 15.3 Å². The van der Waals surface area contributed by atoms with Gasteiger partial charge in [-0.15, -0.1) is 0 Å². The van der Waals surface area contributed by atoms with Crippen LogP contribution < -0.4 is 10.2 Å². The van der Waals surface area contributed by atoms with Crippen molar-refractivity contribution >= 4 is 17.6 Å². The Bertz CT molecular complexity index is 522. The van der Waals surface area contributed by atoms with Crippen molar-refractivity contribution < 1.29 is 14.7 Å². The van der Waals surface area contributed by atoms with Gasteiger partial charge in [0.05, 0.1) is 16.7 Å². The lowest BCUT2D eigenvalue weighted by Crippen LogP contribution is -2.49. The number of piperidine rings is 1. The zero-order valence-corrected chi connectivity index (χ0v) is 11.8. The van der Waals surface area contributed by atoms with Crippen LogP contribution in [0.15, 0.2) is 24.3 Å². The molecule has 20 heavy (non-hydrogen) atoms. The van der Waals surface area contributed by atoms with Crippen molar-refractivity contribution in [2.75, 3.05) is 25.0 Å². The summed E-state index contributed by atoms with van der Waals surface area (Å²) in [6.45, 7) is 3.49. The molecule has 2 rings (SSSR count). The van der Waals surface area contributed by atoms with Crippen LogP contribution in [-0.4, -0.2) is 37.1 Å². The van der Waals surface area contributed by atoms with Gasteiger partial charge in [0.2, 0.25) is 5.91 Å². The zero-order chi connectivity index (χ0) is 14.8. The first-order valence-electron chi connectivity index (χ1n) is 6.77. The molecule has 0 spiro atoms. The van der Waals surface area contributed by atoms with Crippen molar-refractivity contribution in [2.45, 2.75) is 19.8 Å². The number of carbonyl (C=O) groups is 2. The van der Waals surface area contributed by atoms with Gasteiger partial charge in [0, 0.05) is 13.6 Å². The Hall–Kier alpha value is -1.88. The van der Waals surface area contributed by atoms with E-state index < -0.39 is 11.4 Å². The highest BCUT2D eigenvalue weighted by molar-refractivity contribution is 6.03. The second kappa shape index (κ2) is 5.63. The number of amides is 1. The molecule has 1 heterocycles. The maximum Gasteiger partial charge on any atom is 0.337 e. The van der Waals surface area contributed by atoms with E-state index in [0.29, 0.717) is 12.2 Å². The van der Waals surface area contributed by atoms with Crippen LogP contribution in [0.4, 0.5) is 5.69 Å².